The Morgan fingerprint density at radius 1 is 0.534 bits per heavy atom. The van der Waals surface area contributed by atoms with Gasteiger partial charge in [0.2, 0.25) is 0 Å². The number of para-hydroxylation sites is 2. The topological polar surface area (TPSA) is 35.6 Å². The molecule has 0 radical (unpaired) electrons. The summed E-state index contributed by atoms with van der Waals surface area (Å²) in [7, 11) is 0. The number of hydrogen-bond donors (Lipinski definition) is 0. The van der Waals surface area contributed by atoms with Crippen molar-refractivity contribution < 1.29 is 8.78 Å². The molecule has 58 heavy (non-hydrogen) atoms. The van der Waals surface area contributed by atoms with E-state index < -0.39 is 0 Å². The summed E-state index contributed by atoms with van der Waals surface area (Å²) in [4.78, 5) is 9.83. The quantitative estimate of drug-likeness (QED) is 0.169. The molecule has 0 saturated carbocycles. The molecule has 0 N–H and O–H groups in total. The van der Waals surface area contributed by atoms with Gasteiger partial charge in [0, 0.05) is 60.7 Å². The molecular weight excluding hydrogens is 719 g/mol. The van der Waals surface area contributed by atoms with Crippen molar-refractivity contribution in [2.45, 2.75) is 25.2 Å². The van der Waals surface area contributed by atoms with Gasteiger partial charge in [-0.3, -0.25) is 0 Å². The molecule has 0 amide bonds. The Bertz CT molecular complexity index is 3210. The highest BCUT2D eigenvalue weighted by atomic mass is 19.1. The first kappa shape index (κ1) is 34.1. The molecule has 6 aromatic carbocycles. The van der Waals surface area contributed by atoms with Crippen LogP contribution in [0.15, 0.2) is 164 Å². The summed E-state index contributed by atoms with van der Waals surface area (Å²) in [6, 6.07) is 47.1. The maximum absolute atomic E-state index is 13.9. The van der Waals surface area contributed by atoms with Gasteiger partial charge in [0.05, 0.1) is 27.9 Å². The fourth-order valence-electron chi connectivity index (χ4n) is 8.84. The van der Waals surface area contributed by atoms with Gasteiger partial charge in [-0.05, 0) is 122 Å². The molecule has 2 aliphatic rings. The highest BCUT2D eigenvalue weighted by Gasteiger charge is 2.20. The van der Waals surface area contributed by atoms with Crippen LogP contribution in [0.3, 0.4) is 0 Å². The van der Waals surface area contributed by atoms with E-state index in [9.17, 15) is 8.78 Å². The van der Waals surface area contributed by atoms with Crippen molar-refractivity contribution in [1.29, 1.82) is 0 Å². The van der Waals surface area contributed by atoms with Crippen molar-refractivity contribution in [2.24, 2.45) is 0 Å². The van der Waals surface area contributed by atoms with Crippen molar-refractivity contribution in [3.8, 4) is 39.6 Å². The number of fused-ring (bicyclic) bond motifs is 6. The molecule has 4 nitrogen and oxygen atoms in total. The zero-order chi connectivity index (χ0) is 38.7. The molecule has 0 bridgehead atoms. The van der Waals surface area contributed by atoms with Gasteiger partial charge in [0.25, 0.3) is 0 Å². The van der Waals surface area contributed by atoms with Crippen LogP contribution in [-0.2, 0) is 0 Å². The van der Waals surface area contributed by atoms with Crippen LogP contribution < -0.4 is 10.6 Å². The molecule has 11 rings (SSSR count). The van der Waals surface area contributed by atoms with E-state index >= 15 is 0 Å². The minimum absolute atomic E-state index is 0.237. The van der Waals surface area contributed by atoms with E-state index in [2.05, 4.69) is 124 Å². The number of benzene rings is 6. The molecule has 278 valence electrons. The molecule has 6 heteroatoms. The smallest absolute Gasteiger partial charge is 0.160 e. The zero-order valence-electron chi connectivity index (χ0n) is 31.5. The van der Waals surface area contributed by atoms with E-state index in [1.54, 1.807) is 24.3 Å². The number of hydrogen-bond acceptors (Lipinski definition) is 2. The molecule has 0 saturated heterocycles. The predicted molar refractivity (Wildman–Crippen MR) is 233 cm³/mol. The minimum atomic E-state index is -0.330. The van der Waals surface area contributed by atoms with Gasteiger partial charge >= 0.3 is 0 Å². The highest BCUT2D eigenvalue weighted by molar-refractivity contribution is 6.09. The lowest BCUT2D eigenvalue weighted by atomic mass is 9.90. The van der Waals surface area contributed by atoms with Crippen LogP contribution in [0.25, 0.3) is 90.1 Å². The summed E-state index contributed by atoms with van der Waals surface area (Å²) in [5, 5.41) is 6.27. The molecular formula is C52H36F2N4. The Morgan fingerprint density at radius 2 is 1.22 bits per heavy atom. The minimum Gasteiger partial charge on any atom is -0.310 e. The van der Waals surface area contributed by atoms with Crippen LogP contribution >= 0.6 is 0 Å². The Labute approximate surface area is 333 Å². The van der Waals surface area contributed by atoms with E-state index in [-0.39, 0.29) is 17.6 Å². The summed E-state index contributed by atoms with van der Waals surface area (Å²) in [5.41, 5.74) is 10.7. The first-order valence-electron chi connectivity index (χ1n) is 19.8. The summed E-state index contributed by atoms with van der Waals surface area (Å²) in [6.07, 6.45) is 14.9. The first-order valence-corrected chi connectivity index (χ1v) is 19.8. The maximum atomic E-state index is 13.9. The lowest BCUT2D eigenvalue weighted by molar-refractivity contribution is 0.627. The third-order valence-corrected chi connectivity index (χ3v) is 11.6. The molecule has 1 unspecified atom stereocenters. The number of rotatable bonds is 6. The fraction of sp³-hybridized carbons (Fsp3) is 0.0769. The predicted octanol–water partition coefficient (Wildman–Crippen LogP) is 11.7. The first-order chi connectivity index (χ1) is 28.6. The second kappa shape index (κ2) is 13.8. The average molecular weight is 755 g/mol. The SMILES string of the molecule is Fc1ccc(-c2cc(-c3cccc(-n4c5ccccc5c5cc(C6C=c7c(n(C8=CCCC=C8)c8ccccc78)=CC6)ccc54)c3)nc(-c3ccc(F)cc3)n2)cc1. The Morgan fingerprint density at radius 3 is 1.98 bits per heavy atom. The van der Waals surface area contributed by atoms with Crippen LogP contribution in [0.2, 0.25) is 0 Å². The van der Waals surface area contributed by atoms with Crippen LogP contribution in [0.5, 0.6) is 0 Å². The van der Waals surface area contributed by atoms with E-state index in [0.29, 0.717) is 22.8 Å². The maximum Gasteiger partial charge on any atom is 0.160 e. The lowest BCUT2D eigenvalue weighted by Gasteiger charge is -2.16. The van der Waals surface area contributed by atoms with E-state index in [1.807, 2.05) is 12.1 Å². The zero-order valence-corrected chi connectivity index (χ0v) is 31.5. The van der Waals surface area contributed by atoms with Crippen LogP contribution in [0.1, 0.15) is 30.7 Å². The molecule has 0 aliphatic heterocycles. The van der Waals surface area contributed by atoms with Gasteiger partial charge in [-0.25, -0.2) is 18.7 Å². The Hall–Kier alpha value is -7.18. The van der Waals surface area contributed by atoms with Gasteiger partial charge in [-0.15, -0.1) is 0 Å². The van der Waals surface area contributed by atoms with Gasteiger partial charge in [0.15, 0.2) is 5.82 Å². The molecule has 0 spiro atoms. The molecule has 2 aliphatic carbocycles. The van der Waals surface area contributed by atoms with Crippen molar-refractivity contribution in [3.05, 3.63) is 192 Å². The lowest BCUT2D eigenvalue weighted by Crippen LogP contribution is -2.32. The van der Waals surface area contributed by atoms with E-state index in [0.717, 1.165) is 47.1 Å². The summed E-state index contributed by atoms with van der Waals surface area (Å²) in [5.74, 6) is 0.0492. The third-order valence-electron chi connectivity index (χ3n) is 11.6. The van der Waals surface area contributed by atoms with Crippen LogP contribution in [-0.4, -0.2) is 19.1 Å². The van der Waals surface area contributed by atoms with Gasteiger partial charge in [-0.2, -0.15) is 0 Å². The Kier molecular flexibility index (Phi) is 8.10. The van der Waals surface area contributed by atoms with Crippen molar-refractivity contribution >= 4 is 50.6 Å². The normalized spacial score (nSPS) is 15.0. The van der Waals surface area contributed by atoms with Crippen LogP contribution in [0, 0.1) is 11.6 Å². The summed E-state index contributed by atoms with van der Waals surface area (Å²) in [6.45, 7) is 0. The second-order valence-corrected chi connectivity index (χ2v) is 15.1. The second-order valence-electron chi connectivity index (χ2n) is 15.1. The van der Waals surface area contributed by atoms with E-state index in [4.69, 9.17) is 9.97 Å². The van der Waals surface area contributed by atoms with Crippen molar-refractivity contribution in [3.63, 3.8) is 0 Å². The van der Waals surface area contributed by atoms with E-state index in [1.165, 1.54) is 67.8 Å². The summed E-state index contributed by atoms with van der Waals surface area (Å²) < 4.78 is 32.6. The largest absolute Gasteiger partial charge is 0.310 e. The van der Waals surface area contributed by atoms with Crippen molar-refractivity contribution in [1.82, 2.24) is 19.1 Å². The number of halogens is 2. The average Bonchev–Trinajstić information content (AvgIpc) is 3.79. The number of nitrogens with zero attached hydrogens (tertiary/aromatic N) is 4. The fourth-order valence-corrected chi connectivity index (χ4v) is 8.84. The Balaban J connectivity index is 1.02. The number of allylic oxidation sites excluding steroid dienone is 4. The highest BCUT2D eigenvalue weighted by Crippen LogP contribution is 2.37. The van der Waals surface area contributed by atoms with Crippen molar-refractivity contribution in [2.75, 3.05) is 0 Å². The van der Waals surface area contributed by atoms with Crippen LogP contribution in [0.4, 0.5) is 8.78 Å². The monoisotopic (exact) mass is 754 g/mol. The third kappa shape index (κ3) is 5.79. The molecule has 3 heterocycles. The van der Waals surface area contributed by atoms with Gasteiger partial charge < -0.3 is 9.13 Å². The number of aromatic nitrogens is 4. The standard InChI is InChI=1S/C52H36F2N4/c53-38-23-17-33(18-24-38)46-32-47(56-52(55-46)34-19-25-39(54)26-20-34)37-9-8-12-41(29-37)58-49-16-7-5-14-43(49)45-31-36(22-28-51(45)58)35-21-27-50-44(30-35)42-13-4-6-15-48(42)57(50)40-10-2-1-3-11-40/h2,4-20,22-32,35H,1,3,21H2. The molecule has 9 aromatic rings. The van der Waals surface area contributed by atoms with Gasteiger partial charge in [0.1, 0.15) is 11.6 Å². The molecule has 1 atom stereocenters. The molecule has 3 aromatic heterocycles. The molecule has 0 fully saturated rings. The summed E-state index contributed by atoms with van der Waals surface area (Å²) >= 11 is 0. The van der Waals surface area contributed by atoms with Gasteiger partial charge in [-0.1, -0.05) is 78.9 Å².